The lowest BCUT2D eigenvalue weighted by atomic mass is 10.6. The summed E-state index contributed by atoms with van der Waals surface area (Å²) in [6.45, 7) is 7.38. The Labute approximate surface area is 107 Å². The van der Waals surface area contributed by atoms with Crippen LogP contribution in [0.25, 0.3) is 0 Å². The van der Waals surface area contributed by atoms with Crippen molar-refractivity contribution in [3.05, 3.63) is 0 Å². The van der Waals surface area contributed by atoms with Crippen molar-refractivity contribution in [2.24, 2.45) is 0 Å². The van der Waals surface area contributed by atoms with Crippen molar-refractivity contribution in [1.82, 2.24) is 0 Å². The van der Waals surface area contributed by atoms with E-state index < -0.39 is 0 Å². The zero-order valence-corrected chi connectivity index (χ0v) is 8.21. The van der Waals surface area contributed by atoms with Gasteiger partial charge in [0, 0.05) is 6.56 Å². The van der Waals surface area contributed by atoms with Crippen molar-refractivity contribution in [3.63, 3.8) is 0 Å². The first-order chi connectivity index (χ1) is 3.83. The Hall–Kier alpha value is 0.870. The van der Waals surface area contributed by atoms with Crippen LogP contribution in [-0.4, -0.2) is 5.75 Å². The summed E-state index contributed by atoms with van der Waals surface area (Å²) in [6.07, 6.45) is 1.25. The predicted octanol–water partition coefficient (Wildman–Crippen LogP) is 7.30. The van der Waals surface area contributed by atoms with Crippen LogP contribution in [0, 0.1) is 0 Å². The molecule has 0 spiro atoms. The highest BCUT2D eigenvalue weighted by molar-refractivity contribution is 8.57. The van der Waals surface area contributed by atoms with Crippen molar-refractivity contribution in [1.29, 1.82) is 0 Å². The molecule has 0 radical (unpaired) electrons. The van der Waals surface area contributed by atoms with Gasteiger partial charge in [-0.15, -0.1) is 0 Å². The normalized spacial score (nSPS) is 4.50. The van der Waals surface area contributed by atoms with E-state index in [2.05, 4.69) is 32.6 Å². The first-order valence-electron chi connectivity index (χ1n) is 2.78. The quantitative estimate of drug-likeness (QED) is 0.480. The maximum absolute atomic E-state index is 4.59. The minimum Gasteiger partial charge on any atom is -0.0910 e. The lowest BCUT2D eigenvalue weighted by molar-refractivity contribution is 1.09. The maximum atomic E-state index is 4.59. The second-order valence-electron chi connectivity index (χ2n) is 1.20. The fourth-order valence-corrected chi connectivity index (χ4v) is 1.42. The highest BCUT2D eigenvalue weighted by atomic mass is 32.9. The highest BCUT2D eigenvalue weighted by Crippen LogP contribution is 2.14. The molecule has 98 valence electrons. The Morgan fingerprint density at radius 2 is 1.07 bits per heavy atom. The molecule has 0 bridgehead atoms. The van der Waals surface area contributed by atoms with Crippen molar-refractivity contribution in [2.45, 2.75) is 71.8 Å². The lowest BCUT2D eigenvalue weighted by Crippen LogP contribution is -1.45. The van der Waals surface area contributed by atoms with Crippen LogP contribution in [-0.2, 0) is 11.8 Å². The highest BCUT2D eigenvalue weighted by Gasteiger charge is 1.64. The third kappa shape index (κ3) is 220. The fraction of sp³-hybridized carbons (Fsp3) is 1.00. The SMILES string of the molecule is C.C.C.C.C.C.CCC.CCSP=S. The predicted molar refractivity (Wildman–Crippen MR) is 88.8 cm³/mol. The molecule has 0 rings (SSSR count). The monoisotopic (exact) mass is 264 g/mol. The molecule has 0 aliphatic heterocycles. The van der Waals surface area contributed by atoms with Gasteiger partial charge < -0.3 is 0 Å². The van der Waals surface area contributed by atoms with Gasteiger partial charge in [-0.3, -0.25) is 0 Å². The first kappa shape index (κ1) is 60.6. The Balaban J connectivity index is -0.00000000626. The summed E-state index contributed by atoms with van der Waals surface area (Å²) in [6, 6.07) is 0. The molecule has 0 aliphatic carbocycles. The molecule has 0 saturated carbocycles. The molecule has 0 aromatic carbocycles. The molecule has 0 N–H and O–H groups in total. The van der Waals surface area contributed by atoms with Gasteiger partial charge >= 0.3 is 0 Å². The summed E-state index contributed by atoms with van der Waals surface area (Å²) in [5.74, 6) is 1.14. The molecule has 3 heteroatoms. The van der Waals surface area contributed by atoms with Gasteiger partial charge in [-0.1, -0.05) is 83.1 Å². The third-order valence-corrected chi connectivity index (χ3v) is 2.58. The molecule has 0 unspecified atom stereocenters. The molecule has 0 saturated heterocycles. The van der Waals surface area contributed by atoms with Gasteiger partial charge in [0.25, 0.3) is 0 Å². The summed E-state index contributed by atoms with van der Waals surface area (Å²) in [5.41, 5.74) is 0. The van der Waals surface area contributed by atoms with E-state index in [0.29, 0.717) is 0 Å². The molecule has 0 nitrogen and oxygen atoms in total. The maximum Gasteiger partial charge on any atom is 0.0430 e. The second kappa shape index (κ2) is 96.9. The molecule has 0 heterocycles. The van der Waals surface area contributed by atoms with E-state index >= 15 is 0 Å². The average Bonchev–Trinajstić information content (AvgIpc) is 1.71. The third-order valence-electron chi connectivity index (χ3n) is 0.182. The van der Waals surface area contributed by atoms with Crippen LogP contribution in [0.1, 0.15) is 71.8 Å². The van der Waals surface area contributed by atoms with Crippen LogP contribution in [0.15, 0.2) is 0 Å². The lowest BCUT2D eigenvalue weighted by Gasteiger charge is -1.70. The van der Waals surface area contributed by atoms with E-state index in [1.54, 1.807) is 11.4 Å². The van der Waals surface area contributed by atoms with Crippen LogP contribution in [0.4, 0.5) is 0 Å². The van der Waals surface area contributed by atoms with E-state index in [9.17, 15) is 0 Å². The summed E-state index contributed by atoms with van der Waals surface area (Å²) >= 11 is 6.34. The largest absolute Gasteiger partial charge is 0.0910 e. The van der Waals surface area contributed by atoms with Crippen molar-refractivity contribution >= 4 is 29.7 Å². The second-order valence-corrected chi connectivity index (χ2v) is 4.75. The summed E-state index contributed by atoms with van der Waals surface area (Å²) < 4.78 is 0. The Morgan fingerprint density at radius 1 is 0.857 bits per heavy atom. The van der Waals surface area contributed by atoms with Gasteiger partial charge in [-0.05, 0) is 17.6 Å². The van der Waals surface area contributed by atoms with Crippen molar-refractivity contribution in [2.75, 3.05) is 5.75 Å². The molecule has 0 aromatic rings. The zero-order valence-electron chi connectivity index (χ0n) is 5.68. The van der Waals surface area contributed by atoms with E-state index in [-0.39, 0.29) is 44.6 Å². The minimum absolute atomic E-state index is 0. The summed E-state index contributed by atoms with van der Waals surface area (Å²) in [7, 11) is 0. The average molecular weight is 265 g/mol. The van der Waals surface area contributed by atoms with E-state index in [0.717, 1.165) is 12.3 Å². The van der Waals surface area contributed by atoms with Crippen LogP contribution >= 0.6 is 17.9 Å². The summed E-state index contributed by atoms with van der Waals surface area (Å²) in [5, 5.41) is 0. The molecule has 0 aliphatic rings. The smallest absolute Gasteiger partial charge is 0.0430 e. The molecule has 0 fully saturated rings. The molecule has 0 atom stereocenters. The molecular formula is C11H37PS2. The van der Waals surface area contributed by atoms with Crippen molar-refractivity contribution < 1.29 is 0 Å². The molecular weight excluding hydrogens is 227 g/mol. The van der Waals surface area contributed by atoms with Gasteiger partial charge in [-0.25, -0.2) is 0 Å². The summed E-state index contributed by atoms with van der Waals surface area (Å²) in [4.78, 5) is 0. The minimum atomic E-state index is 0. The van der Waals surface area contributed by atoms with Crippen LogP contribution in [0.5, 0.6) is 0 Å². The van der Waals surface area contributed by atoms with Crippen molar-refractivity contribution in [3.8, 4) is 0 Å². The van der Waals surface area contributed by atoms with Crippen LogP contribution in [0.3, 0.4) is 0 Å². The van der Waals surface area contributed by atoms with Crippen LogP contribution in [0.2, 0.25) is 0 Å². The number of hydrogen-bond acceptors (Lipinski definition) is 2. The van der Waals surface area contributed by atoms with Crippen LogP contribution < -0.4 is 0 Å². The topological polar surface area (TPSA) is 0 Å². The van der Waals surface area contributed by atoms with E-state index in [1.807, 2.05) is 0 Å². The Morgan fingerprint density at radius 3 is 1.07 bits per heavy atom. The standard InChI is InChI=1S/C3H8.C2H5PS2.6CH4/c1-3-2;1-2-5-3-4;;;;;;/h3H2,1-2H3;2H2,1H3;6*1H4. The fourth-order valence-electron chi connectivity index (χ4n) is 0.0527. The van der Waals surface area contributed by atoms with Gasteiger partial charge in [0.15, 0.2) is 0 Å². The van der Waals surface area contributed by atoms with Gasteiger partial charge in [0.05, 0.1) is 0 Å². The van der Waals surface area contributed by atoms with E-state index in [1.165, 1.54) is 6.42 Å². The number of hydrogen-bond donors (Lipinski definition) is 0. The van der Waals surface area contributed by atoms with E-state index in [4.69, 9.17) is 0 Å². The van der Waals surface area contributed by atoms with Gasteiger partial charge in [-0.2, -0.15) is 0 Å². The first-order valence-corrected chi connectivity index (χ1v) is 6.27. The zero-order chi connectivity index (χ0) is 6.83. The number of rotatable bonds is 2. The Bertz CT molecular complexity index is 42.3. The molecule has 0 amide bonds. The van der Waals surface area contributed by atoms with Gasteiger partial charge in [0.2, 0.25) is 0 Å². The molecule has 14 heavy (non-hydrogen) atoms. The van der Waals surface area contributed by atoms with Gasteiger partial charge in [0.1, 0.15) is 0 Å². The molecule has 0 aromatic heterocycles. The Kier molecular flexibility index (Phi) is 419.